The molecule has 1 aliphatic rings. The second kappa shape index (κ2) is 5.18. The van der Waals surface area contributed by atoms with Crippen LogP contribution in [0.25, 0.3) is 0 Å². The summed E-state index contributed by atoms with van der Waals surface area (Å²) in [7, 11) is 1.81. The van der Waals surface area contributed by atoms with Crippen LogP contribution in [0.1, 0.15) is 18.1 Å². The molecule has 2 rings (SSSR count). The van der Waals surface area contributed by atoms with Gasteiger partial charge in [0.25, 0.3) is 0 Å². The van der Waals surface area contributed by atoms with Crippen LogP contribution in [-0.2, 0) is 0 Å². The van der Waals surface area contributed by atoms with Gasteiger partial charge in [-0.15, -0.1) is 0 Å². The zero-order valence-corrected chi connectivity index (χ0v) is 9.40. The topological polar surface area (TPSA) is 50.7 Å². The first kappa shape index (κ1) is 11.2. The van der Waals surface area contributed by atoms with Gasteiger partial charge in [-0.05, 0) is 13.1 Å². The van der Waals surface area contributed by atoms with Crippen LogP contribution in [0.4, 0.5) is 0 Å². The molecule has 1 atom stereocenters. The molecule has 0 saturated carbocycles. The van der Waals surface area contributed by atoms with Crippen molar-refractivity contribution >= 4 is 0 Å². The number of rotatable bonds is 3. The van der Waals surface area contributed by atoms with Crippen LogP contribution in [0.5, 0.6) is 11.5 Å². The van der Waals surface area contributed by atoms with Gasteiger partial charge in [-0.25, -0.2) is 0 Å². The van der Waals surface area contributed by atoms with Gasteiger partial charge in [0.15, 0.2) is 11.5 Å². The molecule has 4 nitrogen and oxygen atoms in total. The summed E-state index contributed by atoms with van der Waals surface area (Å²) in [5, 5.41) is 12.9. The Morgan fingerprint density at radius 1 is 1.38 bits per heavy atom. The van der Waals surface area contributed by atoms with Crippen molar-refractivity contribution in [3.05, 3.63) is 23.8 Å². The SMILES string of the molecule is CNCC(O)c1cccc2c1OCCCO2. The van der Waals surface area contributed by atoms with E-state index < -0.39 is 6.10 Å². The van der Waals surface area contributed by atoms with E-state index in [1.807, 2.05) is 25.2 Å². The fourth-order valence-electron chi connectivity index (χ4n) is 1.78. The quantitative estimate of drug-likeness (QED) is 0.805. The number of nitrogens with one attached hydrogen (secondary N) is 1. The normalized spacial score (nSPS) is 16.6. The fraction of sp³-hybridized carbons (Fsp3) is 0.500. The van der Waals surface area contributed by atoms with Gasteiger partial charge >= 0.3 is 0 Å². The van der Waals surface area contributed by atoms with Gasteiger partial charge in [0.1, 0.15) is 0 Å². The molecule has 0 saturated heterocycles. The molecule has 1 heterocycles. The Morgan fingerprint density at radius 2 is 2.19 bits per heavy atom. The van der Waals surface area contributed by atoms with Crippen molar-refractivity contribution in [1.82, 2.24) is 5.32 Å². The zero-order chi connectivity index (χ0) is 11.4. The number of aliphatic hydroxyl groups excluding tert-OH is 1. The van der Waals surface area contributed by atoms with Crippen molar-refractivity contribution in [1.29, 1.82) is 0 Å². The van der Waals surface area contributed by atoms with Crippen LogP contribution in [0, 0.1) is 0 Å². The van der Waals surface area contributed by atoms with Crippen LogP contribution in [0.15, 0.2) is 18.2 Å². The molecule has 0 aliphatic carbocycles. The maximum atomic E-state index is 9.97. The van der Waals surface area contributed by atoms with Gasteiger partial charge in [-0.2, -0.15) is 0 Å². The first-order valence-corrected chi connectivity index (χ1v) is 5.54. The molecule has 88 valence electrons. The van der Waals surface area contributed by atoms with Crippen molar-refractivity contribution in [2.45, 2.75) is 12.5 Å². The highest BCUT2D eigenvalue weighted by molar-refractivity contribution is 5.48. The van der Waals surface area contributed by atoms with Crippen molar-refractivity contribution in [2.24, 2.45) is 0 Å². The summed E-state index contributed by atoms with van der Waals surface area (Å²) in [6, 6.07) is 5.62. The molecule has 0 aromatic heterocycles. The molecule has 1 aliphatic heterocycles. The van der Waals surface area contributed by atoms with Crippen molar-refractivity contribution < 1.29 is 14.6 Å². The Bertz CT molecular complexity index is 354. The highest BCUT2D eigenvalue weighted by Gasteiger charge is 2.18. The number of hydrogen-bond acceptors (Lipinski definition) is 4. The second-order valence-electron chi connectivity index (χ2n) is 3.80. The molecule has 0 amide bonds. The first-order chi connectivity index (χ1) is 7.83. The van der Waals surface area contributed by atoms with Gasteiger partial charge in [0.2, 0.25) is 0 Å². The predicted molar refractivity (Wildman–Crippen MR) is 60.9 cm³/mol. The monoisotopic (exact) mass is 223 g/mol. The third-order valence-corrected chi connectivity index (χ3v) is 2.56. The third kappa shape index (κ3) is 2.28. The van der Waals surface area contributed by atoms with Gasteiger partial charge in [-0.3, -0.25) is 0 Å². The van der Waals surface area contributed by atoms with E-state index in [0.29, 0.717) is 25.5 Å². The summed E-state index contributed by atoms with van der Waals surface area (Å²) in [6.45, 7) is 1.80. The van der Waals surface area contributed by atoms with Crippen LogP contribution in [0.2, 0.25) is 0 Å². The molecule has 0 bridgehead atoms. The lowest BCUT2D eigenvalue weighted by Gasteiger charge is -2.16. The van der Waals surface area contributed by atoms with E-state index in [9.17, 15) is 5.11 Å². The molecular weight excluding hydrogens is 206 g/mol. The largest absolute Gasteiger partial charge is 0.490 e. The lowest BCUT2D eigenvalue weighted by Crippen LogP contribution is -2.17. The molecule has 0 radical (unpaired) electrons. The van der Waals surface area contributed by atoms with Crippen molar-refractivity contribution in [3.63, 3.8) is 0 Å². The number of para-hydroxylation sites is 1. The summed E-state index contributed by atoms with van der Waals surface area (Å²) < 4.78 is 11.2. The summed E-state index contributed by atoms with van der Waals surface area (Å²) in [5.41, 5.74) is 0.786. The molecule has 1 aromatic carbocycles. The average Bonchev–Trinajstić information content (AvgIpc) is 2.53. The zero-order valence-electron chi connectivity index (χ0n) is 9.40. The van der Waals surface area contributed by atoms with Crippen LogP contribution in [0.3, 0.4) is 0 Å². The van der Waals surface area contributed by atoms with Gasteiger partial charge in [0, 0.05) is 18.5 Å². The summed E-state index contributed by atoms with van der Waals surface area (Å²) in [6.07, 6.45) is 0.303. The molecule has 1 unspecified atom stereocenters. The van der Waals surface area contributed by atoms with Crippen LogP contribution >= 0.6 is 0 Å². The Kier molecular flexibility index (Phi) is 3.64. The van der Waals surface area contributed by atoms with Gasteiger partial charge in [0.05, 0.1) is 19.3 Å². The number of ether oxygens (including phenoxy) is 2. The van der Waals surface area contributed by atoms with Gasteiger partial charge in [-0.1, -0.05) is 12.1 Å². The van der Waals surface area contributed by atoms with E-state index in [1.165, 1.54) is 0 Å². The van der Waals surface area contributed by atoms with Crippen LogP contribution < -0.4 is 14.8 Å². The Labute approximate surface area is 95.2 Å². The highest BCUT2D eigenvalue weighted by Crippen LogP contribution is 2.36. The highest BCUT2D eigenvalue weighted by atomic mass is 16.5. The summed E-state index contributed by atoms with van der Waals surface area (Å²) in [5.74, 6) is 1.41. The average molecular weight is 223 g/mol. The number of likely N-dealkylation sites (N-methyl/N-ethyl adjacent to an activating group) is 1. The van der Waals surface area contributed by atoms with Gasteiger partial charge < -0.3 is 19.9 Å². The molecule has 0 spiro atoms. The standard InChI is InChI=1S/C12H17NO3/c1-13-8-10(14)9-4-2-5-11-12(9)16-7-3-6-15-11/h2,4-5,10,13-14H,3,6-8H2,1H3. The second-order valence-corrected chi connectivity index (χ2v) is 3.80. The molecule has 4 heteroatoms. The first-order valence-electron chi connectivity index (χ1n) is 5.54. The lowest BCUT2D eigenvalue weighted by atomic mass is 10.1. The minimum Gasteiger partial charge on any atom is -0.490 e. The van der Waals surface area contributed by atoms with Crippen molar-refractivity contribution in [3.8, 4) is 11.5 Å². The van der Waals surface area contributed by atoms with E-state index in [-0.39, 0.29) is 0 Å². The Hall–Kier alpha value is -1.26. The summed E-state index contributed by atoms with van der Waals surface area (Å²) >= 11 is 0. The van der Waals surface area contributed by atoms with E-state index in [4.69, 9.17) is 9.47 Å². The van der Waals surface area contributed by atoms with E-state index in [0.717, 1.165) is 17.7 Å². The minimum atomic E-state index is -0.568. The summed E-state index contributed by atoms with van der Waals surface area (Å²) in [4.78, 5) is 0. The molecule has 0 fully saturated rings. The maximum absolute atomic E-state index is 9.97. The molecular formula is C12H17NO3. The third-order valence-electron chi connectivity index (χ3n) is 2.56. The smallest absolute Gasteiger partial charge is 0.166 e. The maximum Gasteiger partial charge on any atom is 0.166 e. The molecule has 1 aromatic rings. The number of hydrogen-bond donors (Lipinski definition) is 2. The number of fused-ring (bicyclic) bond motifs is 1. The Morgan fingerprint density at radius 3 is 3.00 bits per heavy atom. The number of benzene rings is 1. The van der Waals surface area contributed by atoms with Crippen LogP contribution in [-0.4, -0.2) is 31.9 Å². The predicted octanol–water partition coefficient (Wildman–Crippen LogP) is 1.10. The van der Waals surface area contributed by atoms with Crippen molar-refractivity contribution in [2.75, 3.05) is 26.8 Å². The lowest BCUT2D eigenvalue weighted by molar-refractivity contribution is 0.171. The van der Waals surface area contributed by atoms with E-state index >= 15 is 0 Å². The molecule has 2 N–H and O–H groups in total. The fourth-order valence-corrected chi connectivity index (χ4v) is 1.78. The number of aliphatic hydroxyl groups is 1. The Balaban J connectivity index is 2.30. The van der Waals surface area contributed by atoms with E-state index in [1.54, 1.807) is 0 Å². The molecule has 16 heavy (non-hydrogen) atoms. The minimum absolute atomic E-state index is 0.500. The van der Waals surface area contributed by atoms with E-state index in [2.05, 4.69) is 5.32 Å².